The maximum atomic E-state index is 13.7. The SMILES string of the molecule is C=C(/C=C1\C(=O)C(c2ccc(OC)cc2)=C1O)C(C)(C)c1cc(F)ccc1C. The molecule has 0 heterocycles. The lowest BCUT2D eigenvalue weighted by Crippen LogP contribution is -2.25. The minimum atomic E-state index is -0.602. The van der Waals surface area contributed by atoms with Crippen LogP contribution in [0.1, 0.15) is 30.5 Å². The third kappa shape index (κ3) is 3.26. The Bertz CT molecular complexity index is 1020. The summed E-state index contributed by atoms with van der Waals surface area (Å²) < 4.78 is 18.9. The highest BCUT2D eigenvalue weighted by atomic mass is 19.1. The molecule has 0 saturated heterocycles. The van der Waals surface area contributed by atoms with E-state index in [1.165, 1.54) is 12.1 Å². The van der Waals surface area contributed by atoms with Crippen molar-refractivity contribution in [1.29, 1.82) is 0 Å². The monoisotopic (exact) mass is 378 g/mol. The third-order valence-electron chi connectivity index (χ3n) is 5.34. The number of methoxy groups -OCH3 is 1. The van der Waals surface area contributed by atoms with Crippen LogP contribution in [0.2, 0.25) is 0 Å². The summed E-state index contributed by atoms with van der Waals surface area (Å²) in [5.74, 6) is 0.0593. The molecular weight excluding hydrogens is 355 g/mol. The molecule has 3 nitrogen and oxygen atoms in total. The number of carbonyl (C=O) groups is 1. The number of aliphatic hydroxyl groups excluding tert-OH is 1. The molecule has 0 saturated carbocycles. The van der Waals surface area contributed by atoms with Crippen molar-refractivity contribution in [3.05, 3.63) is 94.5 Å². The second-order valence-electron chi connectivity index (χ2n) is 7.45. The van der Waals surface area contributed by atoms with Crippen LogP contribution in [-0.2, 0) is 10.2 Å². The lowest BCUT2D eigenvalue weighted by molar-refractivity contribution is -0.111. The predicted molar refractivity (Wildman–Crippen MR) is 109 cm³/mol. The minimum absolute atomic E-state index is 0.0527. The Kier molecular flexibility index (Phi) is 4.99. The summed E-state index contributed by atoms with van der Waals surface area (Å²) in [6, 6.07) is 11.6. The molecule has 0 bridgehead atoms. The van der Waals surface area contributed by atoms with Gasteiger partial charge in [0.1, 0.15) is 17.3 Å². The van der Waals surface area contributed by atoms with Gasteiger partial charge in [-0.2, -0.15) is 0 Å². The number of aryl methyl sites for hydroxylation is 1. The number of halogens is 1. The number of benzene rings is 2. The molecule has 2 aromatic rings. The molecule has 3 rings (SSSR count). The van der Waals surface area contributed by atoms with Crippen LogP contribution in [0.5, 0.6) is 5.75 Å². The van der Waals surface area contributed by atoms with E-state index in [-0.39, 0.29) is 28.5 Å². The van der Waals surface area contributed by atoms with Gasteiger partial charge in [0.25, 0.3) is 0 Å². The van der Waals surface area contributed by atoms with Crippen LogP contribution in [-0.4, -0.2) is 18.0 Å². The lowest BCUT2D eigenvalue weighted by atomic mass is 9.74. The van der Waals surface area contributed by atoms with Crippen LogP contribution in [0.4, 0.5) is 4.39 Å². The maximum absolute atomic E-state index is 13.7. The predicted octanol–water partition coefficient (Wildman–Crippen LogP) is 5.45. The van der Waals surface area contributed by atoms with Gasteiger partial charge >= 0.3 is 0 Å². The van der Waals surface area contributed by atoms with E-state index in [1.807, 2.05) is 20.8 Å². The number of carbonyl (C=O) groups excluding carboxylic acids is 1. The fraction of sp³-hybridized carbons (Fsp3) is 0.208. The molecule has 0 aliphatic heterocycles. The van der Waals surface area contributed by atoms with Crippen LogP contribution >= 0.6 is 0 Å². The highest BCUT2D eigenvalue weighted by Crippen LogP contribution is 2.40. The van der Waals surface area contributed by atoms with Crippen molar-refractivity contribution in [2.75, 3.05) is 7.11 Å². The van der Waals surface area contributed by atoms with E-state index in [9.17, 15) is 14.3 Å². The Balaban J connectivity index is 1.93. The Hall–Kier alpha value is -3.14. The second-order valence-corrected chi connectivity index (χ2v) is 7.45. The molecule has 0 aromatic heterocycles. The highest BCUT2D eigenvalue weighted by molar-refractivity contribution is 6.39. The van der Waals surface area contributed by atoms with Gasteiger partial charge in [-0.15, -0.1) is 0 Å². The van der Waals surface area contributed by atoms with E-state index in [2.05, 4.69) is 6.58 Å². The Morgan fingerprint density at radius 1 is 1.18 bits per heavy atom. The number of ether oxygens (including phenoxy) is 1. The van der Waals surface area contributed by atoms with Crippen molar-refractivity contribution < 1.29 is 19.0 Å². The average Bonchev–Trinajstić information content (AvgIpc) is 2.68. The molecule has 0 amide bonds. The quantitative estimate of drug-likeness (QED) is 0.703. The van der Waals surface area contributed by atoms with Gasteiger partial charge in [0.2, 0.25) is 5.78 Å². The van der Waals surface area contributed by atoms with E-state index in [0.29, 0.717) is 16.9 Å². The summed E-state index contributed by atoms with van der Waals surface area (Å²) >= 11 is 0. The van der Waals surface area contributed by atoms with E-state index in [1.54, 1.807) is 43.5 Å². The Morgan fingerprint density at radius 3 is 2.39 bits per heavy atom. The highest BCUT2D eigenvalue weighted by Gasteiger charge is 2.36. The van der Waals surface area contributed by atoms with Crippen molar-refractivity contribution in [2.24, 2.45) is 0 Å². The molecule has 0 fully saturated rings. The second kappa shape index (κ2) is 7.12. The molecule has 1 N–H and O–H groups in total. The molecule has 2 aromatic carbocycles. The van der Waals surface area contributed by atoms with Crippen molar-refractivity contribution in [1.82, 2.24) is 0 Å². The number of aliphatic hydroxyl groups is 1. The average molecular weight is 378 g/mol. The normalized spacial score (nSPS) is 15.6. The molecule has 0 radical (unpaired) electrons. The van der Waals surface area contributed by atoms with Gasteiger partial charge in [-0.25, -0.2) is 4.39 Å². The van der Waals surface area contributed by atoms with Gasteiger partial charge in [0.15, 0.2) is 0 Å². The molecule has 4 heteroatoms. The van der Waals surface area contributed by atoms with Crippen LogP contribution in [0.3, 0.4) is 0 Å². The van der Waals surface area contributed by atoms with Crippen molar-refractivity contribution in [3.63, 3.8) is 0 Å². The fourth-order valence-electron chi connectivity index (χ4n) is 3.38. The first-order valence-corrected chi connectivity index (χ1v) is 8.97. The first-order chi connectivity index (χ1) is 13.2. The van der Waals surface area contributed by atoms with Gasteiger partial charge in [-0.3, -0.25) is 4.79 Å². The summed E-state index contributed by atoms with van der Waals surface area (Å²) in [5.41, 5.74) is 2.87. The van der Waals surface area contributed by atoms with Crippen LogP contribution in [0, 0.1) is 12.7 Å². The maximum Gasteiger partial charge on any atom is 0.201 e. The number of hydrogen-bond acceptors (Lipinski definition) is 3. The molecule has 0 spiro atoms. The van der Waals surface area contributed by atoms with Gasteiger partial charge in [0.05, 0.1) is 18.3 Å². The van der Waals surface area contributed by atoms with Gasteiger partial charge in [-0.05, 0) is 59.5 Å². The van der Waals surface area contributed by atoms with Crippen LogP contribution in [0.25, 0.3) is 5.57 Å². The largest absolute Gasteiger partial charge is 0.506 e. The van der Waals surface area contributed by atoms with E-state index in [4.69, 9.17) is 4.74 Å². The Morgan fingerprint density at radius 2 is 1.82 bits per heavy atom. The van der Waals surface area contributed by atoms with Gasteiger partial charge in [-0.1, -0.05) is 38.6 Å². The van der Waals surface area contributed by atoms with Crippen molar-refractivity contribution in [3.8, 4) is 5.75 Å². The number of hydrogen-bond donors (Lipinski definition) is 1. The summed E-state index contributed by atoms with van der Waals surface area (Å²) in [5, 5.41) is 10.5. The number of allylic oxidation sites excluding steroid dienone is 4. The molecule has 144 valence electrons. The third-order valence-corrected chi connectivity index (χ3v) is 5.34. The summed E-state index contributed by atoms with van der Waals surface area (Å²) in [6.07, 6.45) is 1.59. The van der Waals surface area contributed by atoms with Gasteiger partial charge < -0.3 is 9.84 Å². The number of Topliss-reactive ketones (excluding diaryl/α,β-unsaturated/α-hetero) is 1. The molecular formula is C24H23FO3. The summed E-state index contributed by atoms with van der Waals surface area (Å²) in [6.45, 7) is 9.83. The topological polar surface area (TPSA) is 46.5 Å². The van der Waals surface area contributed by atoms with Crippen molar-refractivity contribution in [2.45, 2.75) is 26.2 Å². The standard InChI is InChI=1S/C24H23FO3/c1-14-6-9-17(25)13-20(14)24(3,4)15(2)12-19-22(26)21(23(19)27)16-7-10-18(28-5)11-8-16/h6-13,26H,2H2,1,3-5H3/b19-12-. The lowest BCUT2D eigenvalue weighted by Gasteiger charge is -2.30. The molecule has 0 atom stereocenters. The smallest absolute Gasteiger partial charge is 0.201 e. The first-order valence-electron chi connectivity index (χ1n) is 8.97. The van der Waals surface area contributed by atoms with E-state index >= 15 is 0 Å². The van der Waals surface area contributed by atoms with Gasteiger partial charge in [0, 0.05) is 5.41 Å². The minimum Gasteiger partial charge on any atom is -0.506 e. The zero-order valence-electron chi connectivity index (χ0n) is 16.5. The Labute approximate surface area is 164 Å². The summed E-state index contributed by atoms with van der Waals surface area (Å²) in [7, 11) is 1.56. The summed E-state index contributed by atoms with van der Waals surface area (Å²) in [4.78, 5) is 12.6. The van der Waals surface area contributed by atoms with E-state index < -0.39 is 5.41 Å². The molecule has 1 aliphatic carbocycles. The molecule has 0 unspecified atom stereocenters. The van der Waals surface area contributed by atoms with Crippen molar-refractivity contribution >= 4 is 11.4 Å². The zero-order valence-corrected chi connectivity index (χ0v) is 16.5. The van der Waals surface area contributed by atoms with Crippen LogP contribution in [0.15, 0.2) is 72.0 Å². The molecule has 1 aliphatic rings. The number of ketones is 1. The first kappa shape index (κ1) is 19.6. The number of rotatable bonds is 5. The molecule has 28 heavy (non-hydrogen) atoms. The fourth-order valence-corrected chi connectivity index (χ4v) is 3.38. The van der Waals surface area contributed by atoms with E-state index in [0.717, 1.165) is 11.1 Å². The van der Waals surface area contributed by atoms with Crippen LogP contribution < -0.4 is 4.74 Å². The zero-order chi connectivity index (χ0) is 20.6.